The number of fused-ring (bicyclic) bond motifs is 1. The van der Waals surface area contributed by atoms with Crippen molar-refractivity contribution in [2.75, 3.05) is 19.0 Å². The van der Waals surface area contributed by atoms with Gasteiger partial charge in [-0.25, -0.2) is 0 Å². The number of rotatable bonds is 2. The Morgan fingerprint density at radius 2 is 1.67 bits per heavy atom. The Labute approximate surface area is 109 Å². The summed E-state index contributed by atoms with van der Waals surface area (Å²) in [5.74, 6) is 0.595. The van der Waals surface area contributed by atoms with Crippen LogP contribution in [0.15, 0.2) is 48.5 Å². The molecule has 1 aliphatic carbocycles. The second-order valence-corrected chi connectivity index (χ2v) is 5.28. The van der Waals surface area contributed by atoms with Crippen molar-refractivity contribution in [1.29, 1.82) is 0 Å². The van der Waals surface area contributed by atoms with Gasteiger partial charge in [0.1, 0.15) is 0 Å². The molecule has 0 fully saturated rings. The van der Waals surface area contributed by atoms with Gasteiger partial charge in [0.05, 0.1) is 0 Å². The summed E-state index contributed by atoms with van der Waals surface area (Å²) in [6.45, 7) is 0. The largest absolute Gasteiger partial charge is 0.378 e. The van der Waals surface area contributed by atoms with Gasteiger partial charge >= 0.3 is 0 Å². The molecular formula is C17H19N. The number of nitrogens with zero attached hydrogens (tertiary/aromatic N) is 1. The highest BCUT2D eigenvalue weighted by atomic mass is 15.1. The topological polar surface area (TPSA) is 3.24 Å². The first-order valence-corrected chi connectivity index (χ1v) is 6.61. The second kappa shape index (κ2) is 4.49. The molecular weight excluding hydrogens is 218 g/mol. The van der Waals surface area contributed by atoms with Crippen molar-refractivity contribution in [3.63, 3.8) is 0 Å². The van der Waals surface area contributed by atoms with E-state index in [0.717, 1.165) is 0 Å². The Balaban J connectivity index is 1.93. The van der Waals surface area contributed by atoms with Crippen LogP contribution in [0.25, 0.3) is 0 Å². The number of aryl methyl sites for hydroxylation is 1. The molecule has 0 radical (unpaired) electrons. The summed E-state index contributed by atoms with van der Waals surface area (Å²) >= 11 is 0. The molecule has 0 unspecified atom stereocenters. The molecule has 92 valence electrons. The minimum Gasteiger partial charge on any atom is -0.378 e. The predicted octanol–water partition coefficient (Wildman–Crippen LogP) is 3.83. The Bertz CT molecular complexity index is 540. The van der Waals surface area contributed by atoms with Crippen LogP contribution in [0.5, 0.6) is 0 Å². The van der Waals surface area contributed by atoms with E-state index in [4.69, 9.17) is 0 Å². The van der Waals surface area contributed by atoms with Crippen molar-refractivity contribution in [2.45, 2.75) is 18.8 Å². The van der Waals surface area contributed by atoms with Gasteiger partial charge in [0.25, 0.3) is 0 Å². The van der Waals surface area contributed by atoms with Crippen LogP contribution in [0.1, 0.15) is 29.0 Å². The molecule has 3 rings (SSSR count). The zero-order chi connectivity index (χ0) is 12.5. The Morgan fingerprint density at radius 1 is 0.944 bits per heavy atom. The molecule has 1 aliphatic rings. The van der Waals surface area contributed by atoms with Crippen LogP contribution in [0.4, 0.5) is 5.69 Å². The normalized spacial score (nSPS) is 17.6. The smallest absolute Gasteiger partial charge is 0.0361 e. The highest BCUT2D eigenvalue weighted by molar-refractivity contribution is 5.49. The van der Waals surface area contributed by atoms with Crippen LogP contribution in [-0.4, -0.2) is 14.1 Å². The molecule has 1 heteroatoms. The van der Waals surface area contributed by atoms with Gasteiger partial charge < -0.3 is 4.90 Å². The quantitative estimate of drug-likeness (QED) is 0.767. The highest BCUT2D eigenvalue weighted by Crippen LogP contribution is 2.38. The van der Waals surface area contributed by atoms with E-state index in [1.807, 2.05) is 0 Å². The maximum Gasteiger partial charge on any atom is 0.0361 e. The molecule has 0 saturated heterocycles. The molecule has 18 heavy (non-hydrogen) atoms. The Kier molecular flexibility index (Phi) is 2.83. The van der Waals surface area contributed by atoms with Crippen molar-refractivity contribution < 1.29 is 0 Å². The van der Waals surface area contributed by atoms with Crippen molar-refractivity contribution in [3.05, 3.63) is 65.2 Å². The van der Waals surface area contributed by atoms with Crippen LogP contribution in [-0.2, 0) is 6.42 Å². The van der Waals surface area contributed by atoms with E-state index in [-0.39, 0.29) is 0 Å². The van der Waals surface area contributed by atoms with E-state index in [9.17, 15) is 0 Å². The van der Waals surface area contributed by atoms with Gasteiger partial charge in [-0.1, -0.05) is 36.4 Å². The van der Waals surface area contributed by atoms with E-state index < -0.39 is 0 Å². The lowest BCUT2D eigenvalue weighted by Crippen LogP contribution is -2.08. The van der Waals surface area contributed by atoms with Gasteiger partial charge in [0.15, 0.2) is 0 Å². The van der Waals surface area contributed by atoms with Crippen LogP contribution in [0.3, 0.4) is 0 Å². The van der Waals surface area contributed by atoms with E-state index in [0.29, 0.717) is 5.92 Å². The minimum absolute atomic E-state index is 0.595. The lowest BCUT2D eigenvalue weighted by Gasteiger charge is -2.16. The van der Waals surface area contributed by atoms with Crippen molar-refractivity contribution in [3.8, 4) is 0 Å². The fourth-order valence-electron chi connectivity index (χ4n) is 2.91. The fourth-order valence-corrected chi connectivity index (χ4v) is 2.91. The van der Waals surface area contributed by atoms with E-state index in [1.165, 1.54) is 35.2 Å². The number of hydrogen-bond acceptors (Lipinski definition) is 1. The van der Waals surface area contributed by atoms with Crippen LogP contribution in [0.2, 0.25) is 0 Å². The SMILES string of the molecule is CN(C)c1ccc([C@@H]2CCc3ccccc32)cc1. The monoisotopic (exact) mass is 237 g/mol. The summed E-state index contributed by atoms with van der Waals surface area (Å²) in [5.41, 5.74) is 5.77. The molecule has 1 atom stereocenters. The molecule has 2 aromatic carbocycles. The van der Waals surface area contributed by atoms with Gasteiger partial charge in [0, 0.05) is 25.7 Å². The molecule has 1 nitrogen and oxygen atoms in total. The van der Waals surface area contributed by atoms with Gasteiger partial charge in [-0.2, -0.15) is 0 Å². The van der Waals surface area contributed by atoms with Crippen molar-refractivity contribution >= 4 is 5.69 Å². The van der Waals surface area contributed by atoms with Gasteiger partial charge in [-0.15, -0.1) is 0 Å². The zero-order valence-corrected chi connectivity index (χ0v) is 11.1. The standard InChI is InChI=1S/C17H19N/c1-18(2)15-10-7-14(8-11-15)17-12-9-13-5-3-4-6-16(13)17/h3-8,10-11,17H,9,12H2,1-2H3/t17-/m0/s1. The molecule has 0 saturated carbocycles. The number of anilines is 1. The Morgan fingerprint density at radius 3 is 2.39 bits per heavy atom. The summed E-state index contributed by atoms with van der Waals surface area (Å²) in [5, 5.41) is 0. The average molecular weight is 237 g/mol. The maximum atomic E-state index is 2.28. The third-order valence-corrected chi connectivity index (χ3v) is 3.94. The first-order valence-electron chi connectivity index (χ1n) is 6.61. The molecule has 0 N–H and O–H groups in total. The summed E-state index contributed by atoms with van der Waals surface area (Å²) in [4.78, 5) is 2.15. The third-order valence-electron chi connectivity index (χ3n) is 3.94. The lowest BCUT2D eigenvalue weighted by molar-refractivity contribution is 0.788. The summed E-state index contributed by atoms with van der Waals surface area (Å²) in [7, 11) is 4.17. The summed E-state index contributed by atoms with van der Waals surface area (Å²) < 4.78 is 0. The molecule has 0 spiro atoms. The molecule has 0 aliphatic heterocycles. The first kappa shape index (κ1) is 11.3. The molecule has 0 bridgehead atoms. The second-order valence-electron chi connectivity index (χ2n) is 5.28. The van der Waals surface area contributed by atoms with E-state index in [2.05, 4.69) is 67.5 Å². The zero-order valence-electron chi connectivity index (χ0n) is 11.1. The fraction of sp³-hybridized carbons (Fsp3) is 0.294. The van der Waals surface area contributed by atoms with E-state index in [1.54, 1.807) is 0 Å². The van der Waals surface area contributed by atoms with Gasteiger partial charge in [0.2, 0.25) is 0 Å². The van der Waals surface area contributed by atoms with Crippen LogP contribution < -0.4 is 4.90 Å². The average Bonchev–Trinajstić information content (AvgIpc) is 2.82. The maximum absolute atomic E-state index is 2.28. The minimum atomic E-state index is 0.595. The third kappa shape index (κ3) is 1.90. The van der Waals surface area contributed by atoms with Crippen molar-refractivity contribution in [1.82, 2.24) is 0 Å². The van der Waals surface area contributed by atoms with Crippen LogP contribution >= 0.6 is 0 Å². The number of hydrogen-bond donors (Lipinski definition) is 0. The number of benzene rings is 2. The van der Waals surface area contributed by atoms with E-state index >= 15 is 0 Å². The molecule has 2 aromatic rings. The molecule has 0 aromatic heterocycles. The van der Waals surface area contributed by atoms with Crippen LogP contribution in [0, 0.1) is 0 Å². The highest BCUT2D eigenvalue weighted by Gasteiger charge is 2.23. The molecule has 0 amide bonds. The summed E-state index contributed by atoms with van der Waals surface area (Å²) in [6.07, 6.45) is 2.47. The summed E-state index contributed by atoms with van der Waals surface area (Å²) in [6, 6.07) is 17.9. The lowest BCUT2D eigenvalue weighted by atomic mass is 9.93. The predicted molar refractivity (Wildman–Crippen MR) is 77.4 cm³/mol. The Hall–Kier alpha value is -1.76. The molecule has 0 heterocycles. The van der Waals surface area contributed by atoms with Crippen molar-refractivity contribution in [2.24, 2.45) is 0 Å². The van der Waals surface area contributed by atoms with Gasteiger partial charge in [-0.3, -0.25) is 0 Å². The van der Waals surface area contributed by atoms with Gasteiger partial charge in [-0.05, 0) is 41.7 Å². The first-order chi connectivity index (χ1) is 8.75.